The van der Waals surface area contributed by atoms with Crippen molar-refractivity contribution in [1.82, 2.24) is 20.1 Å². The van der Waals surface area contributed by atoms with Crippen LogP contribution in [0.2, 0.25) is 0 Å². The van der Waals surface area contributed by atoms with E-state index in [0.717, 1.165) is 5.56 Å². The number of likely N-dealkylation sites (tertiary alicyclic amines) is 2. The van der Waals surface area contributed by atoms with Crippen LogP contribution in [-0.4, -0.2) is 81.8 Å². The lowest BCUT2D eigenvalue weighted by Gasteiger charge is -2.55. The van der Waals surface area contributed by atoms with Crippen LogP contribution in [0.5, 0.6) is 0 Å². The van der Waals surface area contributed by atoms with Crippen LogP contribution in [-0.2, 0) is 15.1 Å². The number of carbonyl (C=O) groups excluding carboxylic acids is 2. The van der Waals surface area contributed by atoms with E-state index in [0.29, 0.717) is 49.6 Å². The average Bonchev–Trinajstić information content (AvgIpc) is 2.93. The summed E-state index contributed by atoms with van der Waals surface area (Å²) in [6, 6.07) is 9.77. The van der Waals surface area contributed by atoms with Crippen molar-refractivity contribution in [3.05, 3.63) is 65.0 Å². The largest absolute Gasteiger partial charge is 0.444 e. The van der Waals surface area contributed by atoms with Crippen molar-refractivity contribution < 1.29 is 24.6 Å². The molecule has 2 aliphatic heterocycles. The second kappa shape index (κ2) is 12.2. The number of piperidine rings is 1. The van der Waals surface area contributed by atoms with Crippen LogP contribution in [0.1, 0.15) is 83.1 Å². The number of carbonyl (C=O) groups is 2. The van der Waals surface area contributed by atoms with Crippen molar-refractivity contribution in [2.75, 3.05) is 33.2 Å². The number of hydrogen-bond acceptors (Lipinski definition) is 8. The molecular formula is C33H47N5O5. The number of hydrogen-bond donors (Lipinski definition) is 3. The fraction of sp³-hybridized carbons (Fsp3) is 0.576. The van der Waals surface area contributed by atoms with E-state index in [1.807, 2.05) is 59.0 Å². The minimum Gasteiger partial charge on any atom is -0.444 e. The first kappa shape index (κ1) is 32.4. The summed E-state index contributed by atoms with van der Waals surface area (Å²) in [4.78, 5) is 34.1. The van der Waals surface area contributed by atoms with E-state index in [4.69, 9.17) is 4.74 Å². The Bertz CT molecular complexity index is 1350. The van der Waals surface area contributed by atoms with E-state index in [-0.39, 0.29) is 17.7 Å². The molecule has 234 valence electrons. The summed E-state index contributed by atoms with van der Waals surface area (Å²) in [5, 5.41) is 28.7. The molecule has 3 heterocycles. The molecule has 1 aromatic carbocycles. The number of nitrogens with zero attached hydrogens (tertiary/aromatic N) is 4. The summed E-state index contributed by atoms with van der Waals surface area (Å²) in [7, 11) is 2.02. The van der Waals surface area contributed by atoms with Gasteiger partial charge in [0.1, 0.15) is 11.2 Å². The summed E-state index contributed by atoms with van der Waals surface area (Å²) in [6.07, 6.45) is 3.19. The lowest BCUT2D eigenvalue weighted by molar-refractivity contribution is -0.127. The highest BCUT2D eigenvalue weighted by atomic mass is 16.6. The third-order valence-corrected chi connectivity index (χ3v) is 8.77. The van der Waals surface area contributed by atoms with E-state index in [1.165, 1.54) is 11.8 Å². The minimum atomic E-state index is -1.38. The predicted molar refractivity (Wildman–Crippen MR) is 165 cm³/mol. The molecular weight excluding hydrogens is 546 g/mol. The zero-order chi connectivity index (χ0) is 31.7. The van der Waals surface area contributed by atoms with E-state index >= 15 is 0 Å². The van der Waals surface area contributed by atoms with Crippen molar-refractivity contribution >= 4 is 17.8 Å². The Balaban J connectivity index is 1.56. The zero-order valence-electron chi connectivity index (χ0n) is 26.7. The van der Waals surface area contributed by atoms with Gasteiger partial charge in [0.2, 0.25) is 5.91 Å². The molecule has 10 heteroatoms. The van der Waals surface area contributed by atoms with Gasteiger partial charge >= 0.3 is 6.09 Å². The summed E-state index contributed by atoms with van der Waals surface area (Å²) in [6.45, 7) is 15.8. The van der Waals surface area contributed by atoms with Crippen LogP contribution < -0.4 is 5.32 Å². The van der Waals surface area contributed by atoms with E-state index in [2.05, 4.69) is 41.1 Å². The average molecular weight is 594 g/mol. The maximum atomic E-state index is 13.4. The quantitative estimate of drug-likeness (QED) is 0.194. The molecule has 2 aromatic rings. The van der Waals surface area contributed by atoms with Gasteiger partial charge in [-0.05, 0) is 63.3 Å². The van der Waals surface area contributed by atoms with Crippen molar-refractivity contribution in [1.29, 1.82) is 0 Å². The molecule has 2 aliphatic rings. The topological polar surface area (TPSA) is 128 Å². The fourth-order valence-corrected chi connectivity index (χ4v) is 6.51. The first-order chi connectivity index (χ1) is 20.1. The number of rotatable bonds is 6. The number of benzene rings is 1. The van der Waals surface area contributed by atoms with Gasteiger partial charge < -0.3 is 30.2 Å². The van der Waals surface area contributed by atoms with Gasteiger partial charge in [-0.25, -0.2) is 4.79 Å². The predicted octanol–water partition coefficient (Wildman–Crippen LogP) is 4.54. The van der Waals surface area contributed by atoms with Crippen LogP contribution in [0.25, 0.3) is 0 Å². The third-order valence-electron chi connectivity index (χ3n) is 8.77. The van der Waals surface area contributed by atoms with Gasteiger partial charge in [0.05, 0.1) is 0 Å². The van der Waals surface area contributed by atoms with Crippen LogP contribution >= 0.6 is 0 Å². The Labute approximate surface area is 255 Å². The van der Waals surface area contributed by atoms with Crippen molar-refractivity contribution in [2.24, 2.45) is 22.4 Å². The number of nitrogens with one attached hydrogen (secondary N) is 1. The van der Waals surface area contributed by atoms with Gasteiger partial charge in [-0.1, -0.05) is 57.1 Å². The Morgan fingerprint density at radius 2 is 1.79 bits per heavy atom. The number of pyridine rings is 1. The minimum absolute atomic E-state index is 0.0468. The Hall–Kier alpha value is -3.50. The van der Waals surface area contributed by atoms with Gasteiger partial charge in [-0.2, -0.15) is 0 Å². The summed E-state index contributed by atoms with van der Waals surface area (Å²) in [5.74, 6) is -0.527. The maximum absolute atomic E-state index is 13.4. The third kappa shape index (κ3) is 6.70. The molecule has 43 heavy (non-hydrogen) atoms. The molecule has 1 aromatic heterocycles. The molecule has 3 N–H and O–H groups in total. The molecule has 1 unspecified atom stereocenters. The molecule has 3 atom stereocenters. The van der Waals surface area contributed by atoms with Crippen molar-refractivity contribution in [2.45, 2.75) is 72.0 Å². The number of ether oxygens (including phenoxy) is 1. The van der Waals surface area contributed by atoms with Gasteiger partial charge in [-0.3, -0.25) is 9.78 Å². The van der Waals surface area contributed by atoms with Crippen LogP contribution in [0.4, 0.5) is 4.79 Å². The highest BCUT2D eigenvalue weighted by molar-refractivity contribution is 6.08. The Morgan fingerprint density at radius 1 is 1.14 bits per heavy atom. The monoisotopic (exact) mass is 593 g/mol. The molecule has 2 saturated heterocycles. The number of amidine groups is 1. The normalized spacial score (nSPS) is 22.5. The molecule has 0 spiro atoms. The second-order valence-electron chi connectivity index (χ2n) is 13.9. The van der Waals surface area contributed by atoms with E-state index in [1.54, 1.807) is 17.2 Å². The Morgan fingerprint density at radius 3 is 2.33 bits per heavy atom. The molecule has 0 saturated carbocycles. The van der Waals surface area contributed by atoms with Crippen LogP contribution in [0.15, 0.2) is 47.9 Å². The van der Waals surface area contributed by atoms with Crippen LogP contribution in [0.3, 0.4) is 0 Å². The summed E-state index contributed by atoms with van der Waals surface area (Å²) in [5.41, 5.74) is 0.373. The standard InChI is InChI=1S/C33H47N5O5/c1-21(2)23-9-11-25(12-10-23)33(41,32(7)19-37(8)20-32)26-15-24(16-34-17-26)28(36-42)35-29(39)27-13-14-38(18-22(27)3)30(40)43-31(4,5)6/h9-12,15-17,21-22,27,41-42H,13-14,18-20H2,1-8H3,(H,35,36,39)/t22-,27+,33?/m1/s1. The smallest absolute Gasteiger partial charge is 0.410 e. The number of aromatic nitrogens is 1. The highest BCUT2D eigenvalue weighted by Crippen LogP contribution is 2.50. The number of aliphatic hydroxyl groups is 1. The SMILES string of the molecule is CC(C)c1ccc(C(O)(c2cncc(/C(=N\O)NC(=O)[C@H]3CCN(C(=O)OC(C)(C)C)C[C@H]3C)c2)C2(C)CN(C)C2)cc1. The van der Waals surface area contributed by atoms with Gasteiger partial charge in [0.15, 0.2) is 5.84 Å². The van der Waals surface area contributed by atoms with E-state index < -0.39 is 28.6 Å². The number of oxime groups is 1. The van der Waals surface area contributed by atoms with Crippen molar-refractivity contribution in [3.63, 3.8) is 0 Å². The van der Waals surface area contributed by atoms with E-state index in [9.17, 15) is 19.9 Å². The second-order valence-corrected chi connectivity index (χ2v) is 13.9. The molecule has 2 fully saturated rings. The fourth-order valence-electron chi connectivity index (χ4n) is 6.51. The molecule has 4 rings (SSSR count). The zero-order valence-corrected chi connectivity index (χ0v) is 26.7. The lowest BCUT2D eigenvalue weighted by Crippen LogP contribution is -2.63. The Kier molecular flexibility index (Phi) is 9.23. The van der Waals surface area contributed by atoms with Gasteiger partial charge in [0, 0.05) is 61.0 Å². The molecule has 0 bridgehead atoms. The number of amides is 2. The lowest BCUT2D eigenvalue weighted by atomic mass is 9.62. The first-order valence-electron chi connectivity index (χ1n) is 15.1. The summed E-state index contributed by atoms with van der Waals surface area (Å²) < 4.78 is 5.49. The highest BCUT2D eigenvalue weighted by Gasteiger charge is 2.55. The van der Waals surface area contributed by atoms with Gasteiger partial charge in [0.25, 0.3) is 0 Å². The maximum Gasteiger partial charge on any atom is 0.410 e. The summed E-state index contributed by atoms with van der Waals surface area (Å²) >= 11 is 0. The molecule has 10 nitrogen and oxygen atoms in total. The first-order valence-corrected chi connectivity index (χ1v) is 15.1. The van der Waals surface area contributed by atoms with Crippen molar-refractivity contribution in [3.8, 4) is 0 Å². The van der Waals surface area contributed by atoms with Crippen LogP contribution in [0, 0.1) is 17.3 Å². The molecule has 0 aliphatic carbocycles. The molecule has 2 amide bonds. The van der Waals surface area contributed by atoms with Gasteiger partial charge in [-0.15, -0.1) is 0 Å². The molecule has 0 radical (unpaired) electrons.